The zero-order valence-electron chi connectivity index (χ0n) is 32.5. The summed E-state index contributed by atoms with van der Waals surface area (Å²) in [4.78, 5) is 15.7. The molecule has 0 bridgehead atoms. The second kappa shape index (κ2) is 12.9. The van der Waals surface area contributed by atoms with Crippen LogP contribution >= 0.6 is 11.3 Å². The quantitative estimate of drug-likeness (QED) is 0.175. The highest BCUT2D eigenvalue weighted by Crippen LogP contribution is 2.52. The fourth-order valence-corrected chi connectivity index (χ4v) is 10.6. The summed E-state index contributed by atoms with van der Waals surface area (Å²) in [5.74, 6) is 1.86. The minimum atomic E-state index is -0.212. The van der Waals surface area contributed by atoms with Crippen LogP contribution in [0.5, 0.6) is 0 Å². The maximum Gasteiger partial charge on any atom is 0.238 e. The number of para-hydroxylation sites is 1. The summed E-state index contributed by atoms with van der Waals surface area (Å²) in [6, 6.07) is 65.2. The van der Waals surface area contributed by atoms with E-state index in [0.29, 0.717) is 17.6 Å². The van der Waals surface area contributed by atoms with Crippen molar-refractivity contribution in [3.63, 3.8) is 0 Å². The van der Waals surface area contributed by atoms with E-state index in [9.17, 15) is 0 Å². The average molecular weight is 773 g/mol. The second-order valence-corrected chi connectivity index (χ2v) is 17.1. The van der Waals surface area contributed by atoms with E-state index in [1.54, 1.807) is 0 Å². The maximum atomic E-state index is 5.30. The van der Waals surface area contributed by atoms with Gasteiger partial charge in [0, 0.05) is 47.5 Å². The molecule has 0 unspecified atom stereocenters. The van der Waals surface area contributed by atoms with E-state index in [1.165, 1.54) is 64.3 Å². The van der Waals surface area contributed by atoms with Crippen molar-refractivity contribution in [3.05, 3.63) is 193 Å². The third kappa shape index (κ3) is 5.25. The summed E-state index contributed by atoms with van der Waals surface area (Å²) in [7, 11) is 0. The minimum Gasteiger partial charge on any atom is -0.278 e. The molecule has 278 valence electrons. The number of rotatable bonds is 5. The van der Waals surface area contributed by atoms with Gasteiger partial charge in [0.1, 0.15) is 0 Å². The van der Waals surface area contributed by atoms with Gasteiger partial charge in [0.05, 0.1) is 11.0 Å². The van der Waals surface area contributed by atoms with Crippen molar-refractivity contribution in [2.75, 3.05) is 0 Å². The molecule has 1 aliphatic carbocycles. The fraction of sp³-hybridized carbons (Fsp3) is 0.0556. The molecule has 59 heavy (non-hydrogen) atoms. The normalized spacial score (nSPS) is 13.1. The van der Waals surface area contributed by atoms with Crippen molar-refractivity contribution in [3.8, 4) is 62.1 Å². The lowest BCUT2D eigenvalue weighted by Crippen LogP contribution is -2.15. The third-order valence-corrected chi connectivity index (χ3v) is 13.5. The van der Waals surface area contributed by atoms with E-state index in [2.05, 4.69) is 176 Å². The molecule has 0 amide bonds. The van der Waals surface area contributed by atoms with Crippen molar-refractivity contribution in [1.82, 2.24) is 19.5 Å². The van der Waals surface area contributed by atoms with Crippen molar-refractivity contribution in [2.45, 2.75) is 19.3 Å². The molecule has 3 aromatic heterocycles. The van der Waals surface area contributed by atoms with Crippen LogP contribution in [0.2, 0.25) is 0 Å². The van der Waals surface area contributed by atoms with Gasteiger partial charge < -0.3 is 0 Å². The molecule has 0 atom stereocenters. The van der Waals surface area contributed by atoms with Gasteiger partial charge in [-0.2, -0.15) is 9.97 Å². The van der Waals surface area contributed by atoms with E-state index >= 15 is 0 Å². The smallest absolute Gasteiger partial charge is 0.238 e. The molecule has 8 aromatic carbocycles. The lowest BCUT2D eigenvalue weighted by Gasteiger charge is -2.22. The Bertz CT molecular complexity index is 3470. The third-order valence-electron chi connectivity index (χ3n) is 12.3. The first-order valence-corrected chi connectivity index (χ1v) is 20.9. The molecule has 1 aliphatic rings. The molecule has 0 saturated carbocycles. The number of hydrogen-bond acceptors (Lipinski definition) is 4. The largest absolute Gasteiger partial charge is 0.278 e. The van der Waals surface area contributed by atoms with Gasteiger partial charge in [-0.25, -0.2) is 4.98 Å². The van der Waals surface area contributed by atoms with Crippen LogP contribution < -0.4 is 0 Å². The molecule has 5 heteroatoms. The summed E-state index contributed by atoms with van der Waals surface area (Å²) in [5, 5.41) is 5.00. The van der Waals surface area contributed by atoms with Gasteiger partial charge >= 0.3 is 0 Å². The van der Waals surface area contributed by atoms with Crippen LogP contribution in [0.25, 0.3) is 104 Å². The van der Waals surface area contributed by atoms with Gasteiger partial charge in [-0.05, 0) is 80.9 Å². The maximum absolute atomic E-state index is 5.30. The van der Waals surface area contributed by atoms with Gasteiger partial charge in [-0.1, -0.05) is 159 Å². The van der Waals surface area contributed by atoms with Gasteiger partial charge in [0.15, 0.2) is 11.6 Å². The molecule has 0 N–H and O–H groups in total. The van der Waals surface area contributed by atoms with Crippen LogP contribution in [0.1, 0.15) is 25.0 Å². The van der Waals surface area contributed by atoms with Crippen LogP contribution in [0.15, 0.2) is 182 Å². The Hall–Kier alpha value is -7.21. The van der Waals surface area contributed by atoms with E-state index in [4.69, 9.17) is 15.0 Å². The molecule has 0 fully saturated rings. The fourth-order valence-electron chi connectivity index (χ4n) is 9.33. The summed E-state index contributed by atoms with van der Waals surface area (Å²) < 4.78 is 4.90. The van der Waals surface area contributed by atoms with Crippen molar-refractivity contribution >= 4 is 53.3 Å². The molecule has 0 saturated heterocycles. The first kappa shape index (κ1) is 33.9. The lowest BCUT2D eigenvalue weighted by atomic mass is 9.81. The zero-order valence-corrected chi connectivity index (χ0v) is 33.3. The Morgan fingerprint density at radius 2 is 1.05 bits per heavy atom. The van der Waals surface area contributed by atoms with Gasteiger partial charge in [0.2, 0.25) is 5.95 Å². The number of nitrogens with zero attached hydrogens (tertiary/aromatic N) is 4. The van der Waals surface area contributed by atoms with Gasteiger partial charge in [0.25, 0.3) is 0 Å². The van der Waals surface area contributed by atoms with Crippen molar-refractivity contribution in [2.24, 2.45) is 0 Å². The first-order chi connectivity index (χ1) is 29.0. The summed E-state index contributed by atoms with van der Waals surface area (Å²) in [6.45, 7) is 4.75. The molecule has 0 aliphatic heterocycles. The Labute approximate surface area is 345 Å². The highest BCUT2D eigenvalue weighted by molar-refractivity contribution is 7.26. The Morgan fingerprint density at radius 3 is 1.88 bits per heavy atom. The standard InChI is InChI=1S/C54H36N4S/c1-54(2)45-30-36(38-23-14-24-42-41-22-10-12-26-49(41)59-50(38)42)27-28-39(45)43-32-48-44(31-46(43)54)40-21-9-11-25-47(40)58(48)53-56-51(34-17-7-4-8-18-34)55-52(57-53)37-20-13-19-35(29-37)33-15-5-3-6-16-33/h3-32H,1-2H3. The van der Waals surface area contributed by atoms with Crippen LogP contribution in [0, 0.1) is 0 Å². The SMILES string of the molecule is CC1(C)c2cc(-c3cccc4c3sc3ccccc34)ccc2-c2cc3c(cc21)c1ccccc1n3-c1nc(-c2ccccc2)nc(-c2cccc(-c3ccccc3)c2)n1. The summed E-state index contributed by atoms with van der Waals surface area (Å²) in [6.07, 6.45) is 0. The molecule has 11 aromatic rings. The minimum absolute atomic E-state index is 0.212. The highest BCUT2D eigenvalue weighted by Gasteiger charge is 2.37. The van der Waals surface area contributed by atoms with Crippen molar-refractivity contribution < 1.29 is 0 Å². The molecule has 0 radical (unpaired) electrons. The molecule has 4 nitrogen and oxygen atoms in total. The van der Waals surface area contributed by atoms with E-state index in [-0.39, 0.29) is 5.41 Å². The van der Waals surface area contributed by atoms with Crippen LogP contribution in [-0.4, -0.2) is 19.5 Å². The highest BCUT2D eigenvalue weighted by atomic mass is 32.1. The molecular formula is C54H36N4S. The molecular weight excluding hydrogens is 737 g/mol. The molecule has 3 heterocycles. The number of aromatic nitrogens is 4. The number of hydrogen-bond donors (Lipinski definition) is 0. The number of fused-ring (bicyclic) bond motifs is 9. The van der Waals surface area contributed by atoms with Gasteiger partial charge in [-0.15, -0.1) is 11.3 Å². The monoisotopic (exact) mass is 772 g/mol. The lowest BCUT2D eigenvalue weighted by molar-refractivity contribution is 0.661. The Morgan fingerprint density at radius 1 is 0.407 bits per heavy atom. The molecule has 0 spiro atoms. The van der Waals surface area contributed by atoms with Crippen LogP contribution in [-0.2, 0) is 5.41 Å². The average Bonchev–Trinajstić information content (AvgIpc) is 3.91. The Balaban J connectivity index is 1.06. The van der Waals surface area contributed by atoms with Crippen molar-refractivity contribution in [1.29, 1.82) is 0 Å². The van der Waals surface area contributed by atoms with Crippen LogP contribution in [0.4, 0.5) is 0 Å². The van der Waals surface area contributed by atoms with E-state index < -0.39 is 0 Å². The van der Waals surface area contributed by atoms with Gasteiger partial charge in [-0.3, -0.25) is 4.57 Å². The van der Waals surface area contributed by atoms with E-state index in [0.717, 1.165) is 33.3 Å². The predicted molar refractivity (Wildman–Crippen MR) is 246 cm³/mol. The Kier molecular flexibility index (Phi) is 7.41. The van der Waals surface area contributed by atoms with Crippen LogP contribution in [0.3, 0.4) is 0 Å². The van der Waals surface area contributed by atoms with E-state index in [1.807, 2.05) is 35.6 Å². The number of benzene rings is 8. The topological polar surface area (TPSA) is 43.6 Å². The first-order valence-electron chi connectivity index (χ1n) is 20.1. The second-order valence-electron chi connectivity index (χ2n) is 16.0. The summed E-state index contributed by atoms with van der Waals surface area (Å²) in [5.41, 5.74) is 13.8. The summed E-state index contributed by atoms with van der Waals surface area (Å²) >= 11 is 1.89. The zero-order chi connectivity index (χ0) is 39.2. The number of thiophene rings is 1. The predicted octanol–water partition coefficient (Wildman–Crippen LogP) is 14.3. The molecule has 12 rings (SSSR count).